The van der Waals surface area contributed by atoms with Crippen LogP contribution in [0.25, 0.3) is 0 Å². The van der Waals surface area contributed by atoms with Gasteiger partial charge in [-0.15, -0.1) is 11.3 Å². The largest absolute Gasteiger partial charge is 0.271 e. The van der Waals surface area contributed by atoms with Crippen molar-refractivity contribution >= 4 is 38.9 Å². The highest BCUT2D eigenvalue weighted by molar-refractivity contribution is 9.10. The molecule has 90 valence electrons. The normalized spacial score (nSPS) is 12.6. The van der Waals surface area contributed by atoms with E-state index < -0.39 is 0 Å². The molecular weight excluding hydrogens is 320 g/mol. The van der Waals surface area contributed by atoms with Gasteiger partial charge < -0.3 is 0 Å². The van der Waals surface area contributed by atoms with Gasteiger partial charge in [0.2, 0.25) is 0 Å². The summed E-state index contributed by atoms with van der Waals surface area (Å²) in [4.78, 5) is 1.22. The molecule has 1 heterocycles. The minimum atomic E-state index is 0.132. The lowest BCUT2D eigenvalue weighted by Crippen LogP contribution is -2.28. The van der Waals surface area contributed by atoms with Crippen molar-refractivity contribution in [3.05, 3.63) is 55.6 Å². The molecule has 1 aromatic carbocycles. The quantitative estimate of drug-likeness (QED) is 0.658. The number of hydrogen-bond donors (Lipinski definition) is 2. The molecule has 0 bridgehead atoms. The van der Waals surface area contributed by atoms with E-state index in [1.165, 1.54) is 10.4 Å². The lowest BCUT2D eigenvalue weighted by atomic mass is 10.1. The average molecular weight is 332 g/mol. The summed E-state index contributed by atoms with van der Waals surface area (Å²) in [5, 5.41) is 2.81. The number of nitrogens with two attached hydrogens (primary N) is 1. The first-order valence-corrected chi connectivity index (χ1v) is 7.18. The van der Waals surface area contributed by atoms with E-state index in [0.717, 1.165) is 15.9 Å². The maximum Gasteiger partial charge on any atom is 0.0593 e. The van der Waals surface area contributed by atoms with Crippen LogP contribution < -0.4 is 11.3 Å². The van der Waals surface area contributed by atoms with Gasteiger partial charge in [0.25, 0.3) is 0 Å². The fourth-order valence-electron chi connectivity index (χ4n) is 1.61. The molecule has 0 radical (unpaired) electrons. The third kappa shape index (κ3) is 3.53. The highest BCUT2D eigenvalue weighted by Crippen LogP contribution is 2.27. The minimum Gasteiger partial charge on any atom is -0.271 e. The van der Waals surface area contributed by atoms with Crippen molar-refractivity contribution in [2.45, 2.75) is 12.5 Å². The van der Waals surface area contributed by atoms with Crippen LogP contribution in [0, 0.1) is 0 Å². The third-order valence-corrected chi connectivity index (χ3v) is 4.54. The van der Waals surface area contributed by atoms with Gasteiger partial charge in [-0.1, -0.05) is 23.7 Å². The summed E-state index contributed by atoms with van der Waals surface area (Å²) in [6.45, 7) is 0. The summed E-state index contributed by atoms with van der Waals surface area (Å²) in [6, 6.07) is 10.1. The monoisotopic (exact) mass is 330 g/mol. The van der Waals surface area contributed by atoms with Crippen LogP contribution >= 0.6 is 38.9 Å². The highest BCUT2D eigenvalue weighted by atomic mass is 79.9. The van der Waals surface area contributed by atoms with Crippen LogP contribution in [0.4, 0.5) is 0 Å². The van der Waals surface area contributed by atoms with Crippen molar-refractivity contribution in [3.63, 3.8) is 0 Å². The molecule has 0 aliphatic heterocycles. The maximum atomic E-state index is 5.86. The smallest absolute Gasteiger partial charge is 0.0593 e. The first-order valence-electron chi connectivity index (χ1n) is 5.13. The second kappa shape index (κ2) is 5.98. The van der Waals surface area contributed by atoms with Crippen LogP contribution in [0.15, 0.2) is 40.2 Å². The highest BCUT2D eigenvalue weighted by Gasteiger charge is 2.12. The molecule has 0 saturated heterocycles. The third-order valence-electron chi connectivity index (χ3n) is 2.49. The molecule has 0 spiro atoms. The lowest BCUT2D eigenvalue weighted by Gasteiger charge is -2.14. The van der Waals surface area contributed by atoms with Crippen LogP contribution in [0.1, 0.15) is 16.5 Å². The van der Waals surface area contributed by atoms with Crippen LogP contribution in [-0.2, 0) is 6.42 Å². The van der Waals surface area contributed by atoms with E-state index in [4.69, 9.17) is 17.4 Å². The summed E-state index contributed by atoms with van der Waals surface area (Å²) in [5.74, 6) is 5.61. The molecule has 1 unspecified atom stereocenters. The zero-order chi connectivity index (χ0) is 12.3. The molecule has 1 aromatic heterocycles. The molecular formula is C12H12BrClN2S. The van der Waals surface area contributed by atoms with Gasteiger partial charge in [0.15, 0.2) is 0 Å². The van der Waals surface area contributed by atoms with Gasteiger partial charge >= 0.3 is 0 Å². The lowest BCUT2D eigenvalue weighted by molar-refractivity contribution is 0.560. The molecule has 0 saturated carbocycles. The summed E-state index contributed by atoms with van der Waals surface area (Å²) in [7, 11) is 0. The van der Waals surface area contributed by atoms with Gasteiger partial charge in [0.1, 0.15) is 0 Å². The Hall–Kier alpha value is -0.390. The Labute approximate surface area is 118 Å². The van der Waals surface area contributed by atoms with Gasteiger partial charge in [-0.3, -0.25) is 11.3 Å². The molecule has 3 N–H and O–H groups in total. The molecule has 0 aliphatic carbocycles. The van der Waals surface area contributed by atoms with E-state index in [0.29, 0.717) is 0 Å². The van der Waals surface area contributed by atoms with E-state index in [1.54, 1.807) is 11.3 Å². The number of hydrazine groups is 1. The van der Waals surface area contributed by atoms with Gasteiger partial charge in [-0.25, -0.2) is 0 Å². The Morgan fingerprint density at radius 3 is 2.59 bits per heavy atom. The Morgan fingerprint density at radius 1 is 1.35 bits per heavy atom. The predicted octanol–water partition coefficient (Wildman–Crippen LogP) is 3.91. The van der Waals surface area contributed by atoms with Crippen molar-refractivity contribution in [2.24, 2.45) is 5.84 Å². The second-order valence-corrected chi connectivity index (χ2v) is 6.01. The Morgan fingerprint density at radius 2 is 2.06 bits per heavy atom. The van der Waals surface area contributed by atoms with Crippen molar-refractivity contribution < 1.29 is 0 Å². The molecule has 5 heteroatoms. The Bertz CT molecular complexity index is 484. The van der Waals surface area contributed by atoms with Gasteiger partial charge in [0, 0.05) is 19.8 Å². The van der Waals surface area contributed by atoms with Gasteiger partial charge in [-0.2, -0.15) is 0 Å². The fraction of sp³-hybridized carbons (Fsp3) is 0.167. The Balaban J connectivity index is 2.12. The summed E-state index contributed by atoms with van der Waals surface area (Å²) < 4.78 is 1.09. The predicted molar refractivity (Wildman–Crippen MR) is 77.2 cm³/mol. The van der Waals surface area contributed by atoms with Crippen molar-refractivity contribution in [1.82, 2.24) is 5.43 Å². The zero-order valence-electron chi connectivity index (χ0n) is 8.99. The minimum absolute atomic E-state index is 0.132. The molecule has 2 nitrogen and oxygen atoms in total. The number of hydrogen-bond acceptors (Lipinski definition) is 3. The van der Waals surface area contributed by atoms with Crippen LogP contribution in [0.3, 0.4) is 0 Å². The number of thiophene rings is 1. The van der Waals surface area contributed by atoms with E-state index >= 15 is 0 Å². The van der Waals surface area contributed by atoms with Crippen LogP contribution in [0.2, 0.25) is 5.02 Å². The van der Waals surface area contributed by atoms with E-state index in [9.17, 15) is 0 Å². The van der Waals surface area contributed by atoms with E-state index in [2.05, 4.69) is 32.8 Å². The molecule has 2 rings (SSSR count). The Kier molecular flexibility index (Phi) is 4.59. The number of halogens is 2. The van der Waals surface area contributed by atoms with Crippen LogP contribution in [-0.4, -0.2) is 0 Å². The second-order valence-electron chi connectivity index (χ2n) is 3.72. The van der Waals surface area contributed by atoms with Crippen LogP contribution in [0.5, 0.6) is 0 Å². The molecule has 17 heavy (non-hydrogen) atoms. The molecule has 0 fully saturated rings. The SMILES string of the molecule is NNC(Cc1ccc(Cl)cc1)c1cc(Br)cs1. The summed E-state index contributed by atoms with van der Waals surface area (Å²) >= 11 is 11.0. The van der Waals surface area contributed by atoms with Gasteiger partial charge in [0.05, 0.1) is 6.04 Å². The summed E-state index contributed by atoms with van der Waals surface area (Å²) in [5.41, 5.74) is 4.06. The topological polar surface area (TPSA) is 38.0 Å². The van der Waals surface area contributed by atoms with E-state index in [1.807, 2.05) is 24.3 Å². The average Bonchev–Trinajstić information content (AvgIpc) is 2.75. The standard InChI is InChI=1S/C12H12BrClN2S/c13-9-6-12(17-7-9)11(16-15)5-8-1-3-10(14)4-2-8/h1-4,6-7,11,16H,5,15H2. The first-order chi connectivity index (χ1) is 8.19. The molecule has 1 atom stereocenters. The number of rotatable bonds is 4. The van der Waals surface area contributed by atoms with E-state index in [-0.39, 0.29) is 6.04 Å². The van der Waals surface area contributed by atoms with Gasteiger partial charge in [-0.05, 0) is 46.1 Å². The molecule has 2 aromatic rings. The number of benzene rings is 1. The molecule has 0 aliphatic rings. The zero-order valence-corrected chi connectivity index (χ0v) is 12.1. The van der Waals surface area contributed by atoms with Crippen molar-refractivity contribution in [2.75, 3.05) is 0 Å². The first kappa shape index (κ1) is 13.1. The number of nitrogens with one attached hydrogen (secondary N) is 1. The molecule has 0 amide bonds. The van der Waals surface area contributed by atoms with Crippen molar-refractivity contribution in [1.29, 1.82) is 0 Å². The van der Waals surface area contributed by atoms with Crippen molar-refractivity contribution in [3.8, 4) is 0 Å². The maximum absolute atomic E-state index is 5.86. The fourth-order valence-corrected chi connectivity index (χ4v) is 3.24. The summed E-state index contributed by atoms with van der Waals surface area (Å²) in [6.07, 6.45) is 0.848.